The molecular formula is C26H27BrN6O3S. The summed E-state index contributed by atoms with van der Waals surface area (Å²) in [5.41, 5.74) is 10.8. The summed E-state index contributed by atoms with van der Waals surface area (Å²) >= 11 is 3.65. The van der Waals surface area contributed by atoms with E-state index in [1.165, 1.54) is 0 Å². The van der Waals surface area contributed by atoms with E-state index in [4.69, 9.17) is 10.7 Å². The first-order valence-corrected chi connectivity index (χ1v) is 14.9. The lowest BCUT2D eigenvalue weighted by molar-refractivity contribution is -0.120. The van der Waals surface area contributed by atoms with Gasteiger partial charge in [0, 0.05) is 35.0 Å². The van der Waals surface area contributed by atoms with Crippen molar-refractivity contribution < 1.29 is 13.2 Å². The first-order valence-electron chi connectivity index (χ1n) is 12.5. The summed E-state index contributed by atoms with van der Waals surface area (Å²) in [6.45, 7) is 0. The van der Waals surface area contributed by atoms with Crippen LogP contribution in [0.25, 0.3) is 27.7 Å². The molecule has 4 aromatic rings. The van der Waals surface area contributed by atoms with E-state index in [-0.39, 0.29) is 18.3 Å². The highest BCUT2D eigenvalue weighted by Gasteiger charge is 2.37. The van der Waals surface area contributed by atoms with Gasteiger partial charge in [0.25, 0.3) is 0 Å². The first-order chi connectivity index (χ1) is 17.8. The molecule has 0 atom stereocenters. The second-order valence-electron chi connectivity index (χ2n) is 10.1. The van der Waals surface area contributed by atoms with Crippen molar-refractivity contribution in [1.29, 1.82) is 0 Å². The van der Waals surface area contributed by atoms with Gasteiger partial charge in [-0.25, -0.2) is 13.4 Å². The fraction of sp³-hybridized carbons (Fsp3) is 0.385. The van der Waals surface area contributed by atoms with E-state index < -0.39 is 21.2 Å². The maximum absolute atomic E-state index is 12.3. The van der Waals surface area contributed by atoms with Gasteiger partial charge in [-0.1, -0.05) is 18.2 Å². The SMILES string of the molecule is Nc1c(Br)c(C2CCC(CC(=O)NS(=O)(=O)C3CC3)CC2)nc2c(-c3cnc4ccccc4c3)cnn12. The van der Waals surface area contributed by atoms with Gasteiger partial charge in [-0.15, -0.1) is 0 Å². The Kier molecular flexibility index (Phi) is 6.15. The lowest BCUT2D eigenvalue weighted by Gasteiger charge is -2.28. The molecular weight excluding hydrogens is 556 g/mol. The smallest absolute Gasteiger partial charge is 0.237 e. The minimum atomic E-state index is -3.50. The van der Waals surface area contributed by atoms with E-state index in [0.29, 0.717) is 24.3 Å². The molecule has 0 bridgehead atoms. The van der Waals surface area contributed by atoms with Crippen LogP contribution >= 0.6 is 15.9 Å². The second-order valence-corrected chi connectivity index (χ2v) is 12.9. The number of hydrogen-bond acceptors (Lipinski definition) is 7. The van der Waals surface area contributed by atoms with Gasteiger partial charge in [-0.3, -0.25) is 14.5 Å². The lowest BCUT2D eigenvalue weighted by Crippen LogP contribution is -2.34. The van der Waals surface area contributed by atoms with Gasteiger partial charge in [-0.2, -0.15) is 9.61 Å². The molecule has 3 aromatic heterocycles. The standard InChI is InChI=1S/C26H27BrN6O3S/c27-23-24(16-7-5-15(6-8-16)11-22(34)32-37(35,36)19-9-10-19)31-26-20(14-30-33(26)25(23)28)18-12-17-3-1-2-4-21(17)29-13-18/h1-4,12-16,19H,5-11,28H2,(H,32,34). The van der Waals surface area contributed by atoms with E-state index in [2.05, 4.69) is 36.8 Å². The summed E-state index contributed by atoms with van der Waals surface area (Å²) < 4.78 is 28.8. The Labute approximate surface area is 223 Å². The topological polar surface area (TPSA) is 132 Å². The molecule has 2 fully saturated rings. The quantitative estimate of drug-likeness (QED) is 0.340. The Hall–Kier alpha value is -3.05. The highest BCUT2D eigenvalue weighted by atomic mass is 79.9. The molecule has 2 aliphatic carbocycles. The largest absolute Gasteiger partial charge is 0.383 e. The molecule has 1 amide bonds. The molecule has 0 spiro atoms. The van der Waals surface area contributed by atoms with Gasteiger partial charge in [0.1, 0.15) is 5.82 Å². The zero-order valence-electron chi connectivity index (χ0n) is 20.1. The predicted octanol–water partition coefficient (Wildman–Crippen LogP) is 4.56. The van der Waals surface area contributed by atoms with Crippen molar-refractivity contribution in [1.82, 2.24) is 24.3 Å². The van der Waals surface area contributed by atoms with E-state index >= 15 is 0 Å². The van der Waals surface area contributed by atoms with Gasteiger partial charge in [0.2, 0.25) is 15.9 Å². The van der Waals surface area contributed by atoms with Crippen molar-refractivity contribution in [3.63, 3.8) is 0 Å². The number of nitrogens with two attached hydrogens (primary N) is 1. The third-order valence-corrected chi connectivity index (χ3v) is 10.2. The number of halogens is 1. The molecule has 3 heterocycles. The van der Waals surface area contributed by atoms with Crippen LogP contribution in [0, 0.1) is 5.92 Å². The van der Waals surface area contributed by atoms with E-state index in [0.717, 1.165) is 57.9 Å². The Morgan fingerprint density at radius 1 is 1.11 bits per heavy atom. The molecule has 6 rings (SSSR count). The molecule has 9 nitrogen and oxygen atoms in total. The van der Waals surface area contributed by atoms with E-state index in [9.17, 15) is 13.2 Å². The van der Waals surface area contributed by atoms with Crippen molar-refractivity contribution in [2.24, 2.45) is 5.92 Å². The number of nitrogens with zero attached hydrogens (tertiary/aromatic N) is 4. The number of aromatic nitrogens is 4. The van der Waals surface area contributed by atoms with E-state index in [1.807, 2.05) is 30.5 Å². The van der Waals surface area contributed by atoms with Crippen LogP contribution in [-0.2, 0) is 14.8 Å². The molecule has 0 unspecified atom stereocenters. The van der Waals surface area contributed by atoms with Crippen LogP contribution in [0.4, 0.5) is 5.82 Å². The zero-order valence-corrected chi connectivity index (χ0v) is 22.5. The van der Waals surface area contributed by atoms with Crippen LogP contribution in [0.15, 0.2) is 47.2 Å². The minimum absolute atomic E-state index is 0.153. The monoisotopic (exact) mass is 582 g/mol. The number of sulfonamides is 1. The van der Waals surface area contributed by atoms with Crippen LogP contribution < -0.4 is 10.5 Å². The highest BCUT2D eigenvalue weighted by molar-refractivity contribution is 9.10. The van der Waals surface area contributed by atoms with Crippen molar-refractivity contribution in [3.05, 3.63) is 52.9 Å². The average molecular weight is 584 g/mol. The molecule has 2 aliphatic rings. The molecule has 0 aliphatic heterocycles. The third-order valence-electron chi connectivity index (χ3n) is 7.48. The van der Waals surface area contributed by atoms with E-state index in [1.54, 1.807) is 10.7 Å². The summed E-state index contributed by atoms with van der Waals surface area (Å²) in [5.74, 6) is 0.424. The van der Waals surface area contributed by atoms with Crippen molar-refractivity contribution >= 4 is 54.2 Å². The number of rotatable bonds is 6. The molecule has 192 valence electrons. The number of anilines is 1. The number of nitrogens with one attached hydrogen (secondary N) is 1. The molecule has 37 heavy (non-hydrogen) atoms. The second kappa shape index (κ2) is 9.36. The zero-order chi connectivity index (χ0) is 25.7. The number of para-hydroxylation sites is 1. The summed E-state index contributed by atoms with van der Waals surface area (Å²) in [4.78, 5) is 22.0. The third kappa shape index (κ3) is 4.70. The number of fused-ring (bicyclic) bond motifs is 2. The molecule has 11 heteroatoms. The summed E-state index contributed by atoms with van der Waals surface area (Å²) in [6, 6.07) is 10.0. The van der Waals surface area contributed by atoms with Crippen LogP contribution in [0.2, 0.25) is 0 Å². The van der Waals surface area contributed by atoms with Crippen LogP contribution in [0.5, 0.6) is 0 Å². The predicted molar refractivity (Wildman–Crippen MR) is 145 cm³/mol. The Bertz CT molecular complexity index is 1620. The molecule has 1 aromatic carbocycles. The number of amides is 1. The maximum atomic E-state index is 12.3. The summed E-state index contributed by atoms with van der Waals surface area (Å²) in [5, 5.41) is 5.14. The number of carbonyl (C=O) groups excluding carboxylic acids is 1. The van der Waals surface area contributed by atoms with Crippen LogP contribution in [-0.4, -0.2) is 39.2 Å². The van der Waals surface area contributed by atoms with Crippen molar-refractivity contribution in [2.75, 3.05) is 5.73 Å². The Morgan fingerprint density at radius 3 is 2.62 bits per heavy atom. The van der Waals surface area contributed by atoms with Gasteiger partial charge in [0.05, 0.1) is 27.1 Å². The Balaban J connectivity index is 1.22. The summed E-state index contributed by atoms with van der Waals surface area (Å²) in [7, 11) is -3.50. The number of carbonyl (C=O) groups is 1. The number of benzene rings is 1. The number of nitrogen functional groups attached to an aromatic ring is 1. The fourth-order valence-corrected chi connectivity index (χ4v) is 7.17. The normalized spacial score (nSPS) is 20.4. The van der Waals surface area contributed by atoms with Crippen LogP contribution in [0.1, 0.15) is 56.6 Å². The number of pyridine rings is 1. The minimum Gasteiger partial charge on any atom is -0.383 e. The van der Waals surface area contributed by atoms with Gasteiger partial charge in [0.15, 0.2) is 5.65 Å². The number of hydrogen-bond donors (Lipinski definition) is 2. The fourth-order valence-electron chi connectivity index (χ4n) is 5.27. The lowest BCUT2D eigenvalue weighted by atomic mass is 9.79. The maximum Gasteiger partial charge on any atom is 0.237 e. The Morgan fingerprint density at radius 2 is 1.86 bits per heavy atom. The molecule has 3 N–H and O–H groups in total. The van der Waals surface area contributed by atoms with Crippen LogP contribution in [0.3, 0.4) is 0 Å². The molecule has 2 saturated carbocycles. The molecule has 0 saturated heterocycles. The highest BCUT2D eigenvalue weighted by Crippen LogP contribution is 2.41. The first kappa shape index (κ1) is 24.3. The average Bonchev–Trinajstić information content (AvgIpc) is 3.67. The molecule has 0 radical (unpaired) electrons. The van der Waals surface area contributed by atoms with Gasteiger partial charge < -0.3 is 5.73 Å². The van der Waals surface area contributed by atoms with Gasteiger partial charge >= 0.3 is 0 Å². The van der Waals surface area contributed by atoms with Gasteiger partial charge in [-0.05, 0) is 72.5 Å². The summed E-state index contributed by atoms with van der Waals surface area (Å²) in [6.07, 6.45) is 8.44. The van der Waals surface area contributed by atoms with Crippen molar-refractivity contribution in [2.45, 2.75) is 56.1 Å². The van der Waals surface area contributed by atoms with Crippen molar-refractivity contribution in [3.8, 4) is 11.1 Å².